The second-order valence-corrected chi connectivity index (χ2v) is 12.2. The highest BCUT2D eigenvalue weighted by Gasteiger charge is 2.39. The highest BCUT2D eigenvalue weighted by molar-refractivity contribution is 7.58. The second kappa shape index (κ2) is 12.3. The Hall–Kier alpha value is -2.67. The van der Waals surface area contributed by atoms with E-state index < -0.39 is 13.9 Å². The van der Waals surface area contributed by atoms with Crippen molar-refractivity contribution >= 4 is 7.51 Å². The van der Waals surface area contributed by atoms with Gasteiger partial charge in [-0.05, 0) is 76.9 Å². The van der Waals surface area contributed by atoms with Crippen LogP contribution in [-0.4, -0.2) is 55.7 Å². The summed E-state index contributed by atoms with van der Waals surface area (Å²) in [4.78, 5) is 10.9. The van der Waals surface area contributed by atoms with Gasteiger partial charge in [0, 0.05) is 7.05 Å². The number of nitrogens with zero attached hydrogens (tertiary/aromatic N) is 4. The lowest BCUT2D eigenvalue weighted by atomic mass is 10.1. The van der Waals surface area contributed by atoms with E-state index in [9.17, 15) is 0 Å². The van der Waals surface area contributed by atoms with Crippen molar-refractivity contribution in [3.05, 3.63) is 95.6 Å². The van der Waals surface area contributed by atoms with Gasteiger partial charge in [0.2, 0.25) is 7.51 Å². The Morgan fingerprint density at radius 2 is 1.29 bits per heavy atom. The predicted molar refractivity (Wildman–Crippen MR) is 143 cm³/mol. The van der Waals surface area contributed by atoms with E-state index in [-0.39, 0.29) is 0 Å². The fourth-order valence-corrected chi connectivity index (χ4v) is 6.60. The van der Waals surface area contributed by atoms with E-state index in [1.807, 2.05) is 114 Å². The van der Waals surface area contributed by atoms with Crippen LogP contribution in [0.3, 0.4) is 0 Å². The average molecular weight is 497 g/mol. The first-order valence-electron chi connectivity index (χ1n) is 11.6. The molecule has 1 atom stereocenters. The molecule has 0 aromatic heterocycles. The molecule has 3 rings (SSSR count). The number of benzene rings is 3. The van der Waals surface area contributed by atoms with Gasteiger partial charge in [0.1, 0.15) is 18.1 Å². The smallest absolute Gasteiger partial charge is 0.310 e. The molecule has 0 aliphatic heterocycles. The fraction of sp³-hybridized carbons (Fsp3) is 0.333. The van der Waals surface area contributed by atoms with E-state index in [1.165, 1.54) is 5.56 Å². The molecular weight excluding hydrogens is 459 g/mol. The lowest BCUT2D eigenvalue weighted by molar-refractivity contribution is -0.0713. The molecule has 0 fully saturated rings. The quantitative estimate of drug-likeness (QED) is 0.180. The molecule has 0 saturated heterocycles. The van der Waals surface area contributed by atoms with Gasteiger partial charge in [0.15, 0.2) is 0 Å². The van der Waals surface area contributed by atoms with Crippen LogP contribution < -0.4 is 9.47 Å². The molecule has 188 valence electrons. The first kappa shape index (κ1) is 26.9. The Labute approximate surface area is 210 Å². The summed E-state index contributed by atoms with van der Waals surface area (Å²) in [5.41, 5.74) is 3.29. The third-order valence-corrected chi connectivity index (χ3v) is 9.27. The van der Waals surface area contributed by atoms with Crippen LogP contribution in [0.15, 0.2) is 83.8 Å². The van der Waals surface area contributed by atoms with E-state index in [0.717, 1.165) is 16.9 Å². The van der Waals surface area contributed by atoms with E-state index in [2.05, 4.69) is 28.4 Å². The maximum absolute atomic E-state index is 6.46. The maximum Gasteiger partial charge on any atom is 0.310 e. The molecule has 3 aromatic rings. The molecule has 0 amide bonds. The van der Waals surface area contributed by atoms with Crippen LogP contribution in [0, 0.1) is 13.8 Å². The Bertz CT molecular complexity index is 1130. The first-order chi connectivity index (χ1) is 16.8. The Morgan fingerprint density at radius 3 is 1.89 bits per heavy atom. The zero-order valence-electron chi connectivity index (χ0n) is 21.8. The number of para-hydroxylation sites is 2. The summed E-state index contributed by atoms with van der Waals surface area (Å²) in [7, 11) is 7.38. The van der Waals surface area contributed by atoms with Gasteiger partial charge in [-0.2, -0.15) is 4.67 Å². The van der Waals surface area contributed by atoms with E-state index >= 15 is 0 Å². The summed E-state index contributed by atoms with van der Waals surface area (Å²) in [5.74, 6) is 1.45. The van der Waals surface area contributed by atoms with Crippen LogP contribution in [0.2, 0.25) is 0 Å². The van der Waals surface area contributed by atoms with E-state index in [4.69, 9.17) is 19.2 Å². The van der Waals surface area contributed by atoms with Crippen LogP contribution in [0.1, 0.15) is 16.7 Å². The number of aryl methyl sites for hydroxylation is 2. The predicted octanol–water partition coefficient (Wildman–Crippen LogP) is 6.18. The van der Waals surface area contributed by atoms with Crippen LogP contribution >= 0.6 is 7.51 Å². The Balaban J connectivity index is 2.00. The molecule has 0 saturated carbocycles. The van der Waals surface area contributed by atoms with Crippen molar-refractivity contribution in [1.29, 1.82) is 0 Å². The van der Waals surface area contributed by atoms with Gasteiger partial charge < -0.3 is 9.47 Å². The minimum Gasteiger partial charge on any atom is -0.441 e. The van der Waals surface area contributed by atoms with Gasteiger partial charge in [0.25, 0.3) is 0 Å². The van der Waals surface area contributed by atoms with Gasteiger partial charge in [-0.1, -0.05) is 60.7 Å². The molecule has 1 unspecified atom stereocenters. The summed E-state index contributed by atoms with van der Waals surface area (Å²) < 4.78 is 19.0. The van der Waals surface area contributed by atoms with Crippen molar-refractivity contribution in [3.8, 4) is 11.5 Å². The minimum absolute atomic E-state index is 0.382. The molecule has 0 radical (unpaired) electrons. The lowest BCUT2D eigenvalue weighted by Crippen LogP contribution is -2.45. The molecule has 0 aliphatic rings. The van der Waals surface area contributed by atoms with Crippen molar-refractivity contribution in [2.45, 2.75) is 26.9 Å². The fourth-order valence-electron chi connectivity index (χ4n) is 3.79. The minimum atomic E-state index is -2.58. The van der Waals surface area contributed by atoms with Gasteiger partial charge in [-0.25, -0.2) is 14.2 Å². The standard InChI is InChI=1S/C27H37N4O3P/c1-22-15-11-13-17-24(22)21-32-28-35(29(3)4,30(5)6)31(7)27(33-25-18-9-8-10-19-25)34-26-20-14-12-16-23(26)2/h8-20,27H,21H2,1-7H3. The summed E-state index contributed by atoms with van der Waals surface area (Å²) in [6.07, 6.45) is -0.762. The first-order valence-corrected chi connectivity index (χ1v) is 13.2. The third kappa shape index (κ3) is 6.51. The molecule has 0 N–H and O–H groups in total. The molecule has 8 heteroatoms. The van der Waals surface area contributed by atoms with E-state index in [0.29, 0.717) is 12.4 Å². The number of hydrogen-bond acceptors (Lipinski definition) is 4. The van der Waals surface area contributed by atoms with Crippen LogP contribution in [0.5, 0.6) is 11.5 Å². The molecule has 35 heavy (non-hydrogen) atoms. The largest absolute Gasteiger partial charge is 0.441 e. The van der Waals surface area contributed by atoms with Crippen molar-refractivity contribution in [2.24, 2.45) is 4.91 Å². The molecule has 0 spiro atoms. The van der Waals surface area contributed by atoms with Crippen LogP contribution in [0.25, 0.3) is 0 Å². The summed E-state index contributed by atoms with van der Waals surface area (Å²) in [5, 5.41) is 0. The topological polar surface area (TPSA) is 49.8 Å². The summed E-state index contributed by atoms with van der Waals surface area (Å²) in [6.45, 7) is 4.47. The lowest BCUT2D eigenvalue weighted by Gasteiger charge is -2.44. The van der Waals surface area contributed by atoms with Crippen molar-refractivity contribution in [1.82, 2.24) is 14.0 Å². The normalized spacial score (nSPS) is 12.7. The molecule has 0 heterocycles. The third-order valence-electron chi connectivity index (χ3n) is 5.75. The molecule has 7 nitrogen and oxygen atoms in total. The number of hydrogen-bond donors (Lipinski definition) is 0. The summed E-state index contributed by atoms with van der Waals surface area (Å²) >= 11 is 0. The van der Waals surface area contributed by atoms with Crippen molar-refractivity contribution < 1.29 is 14.3 Å². The van der Waals surface area contributed by atoms with Gasteiger partial charge in [0.05, 0.1) is 0 Å². The number of rotatable bonds is 11. The van der Waals surface area contributed by atoms with Crippen molar-refractivity contribution in [2.75, 3.05) is 35.2 Å². The number of ether oxygens (including phenoxy) is 2. The highest BCUT2D eigenvalue weighted by Crippen LogP contribution is 2.57. The van der Waals surface area contributed by atoms with Gasteiger partial charge >= 0.3 is 6.41 Å². The second-order valence-electron chi connectivity index (χ2n) is 8.71. The van der Waals surface area contributed by atoms with Gasteiger partial charge in [-0.15, -0.1) is 4.91 Å². The van der Waals surface area contributed by atoms with Crippen molar-refractivity contribution in [3.63, 3.8) is 0 Å². The zero-order valence-corrected chi connectivity index (χ0v) is 22.6. The highest BCUT2D eigenvalue weighted by atomic mass is 31.2. The monoisotopic (exact) mass is 496 g/mol. The van der Waals surface area contributed by atoms with E-state index in [1.54, 1.807) is 0 Å². The Kier molecular flexibility index (Phi) is 9.49. The average Bonchev–Trinajstić information content (AvgIpc) is 2.83. The van der Waals surface area contributed by atoms with Gasteiger partial charge in [-0.3, -0.25) is 0 Å². The zero-order chi connectivity index (χ0) is 25.4. The molecule has 3 aromatic carbocycles. The summed E-state index contributed by atoms with van der Waals surface area (Å²) in [6, 6.07) is 25.8. The maximum atomic E-state index is 6.46. The molecular formula is C27H37N4O3P. The molecule has 0 bridgehead atoms. The van der Waals surface area contributed by atoms with Crippen LogP contribution in [-0.2, 0) is 11.4 Å². The molecule has 0 aliphatic carbocycles. The SMILES string of the molecule is Cc1ccccc1CON=P(N(C)C)(N(C)C)N(C)C(Oc1ccccc1)Oc1ccccc1C. The Morgan fingerprint density at radius 1 is 0.714 bits per heavy atom. The van der Waals surface area contributed by atoms with Crippen LogP contribution in [0.4, 0.5) is 0 Å².